The summed E-state index contributed by atoms with van der Waals surface area (Å²) in [6, 6.07) is 4.41. The van der Waals surface area contributed by atoms with E-state index < -0.39 is 0 Å². The number of nitrogens with zero attached hydrogens (tertiary/aromatic N) is 3. The first-order chi connectivity index (χ1) is 9.45. The molecule has 0 amide bonds. The topological polar surface area (TPSA) is 52.6 Å². The van der Waals surface area contributed by atoms with Crippen LogP contribution in [0.4, 0.5) is 5.82 Å². The second-order valence-corrected chi connectivity index (χ2v) is 5.48. The number of aromatic nitrogens is 1. The molecule has 6 heteroatoms. The standard InChI is InChI=1S/C15H27N5.HI/c1-11(2)12(3)19-15(16-4)18-10-13-8-7-9-17-14(13)20(5)6;/h7-9,11-12H,10H2,1-6H3,(H2,16,18,19);1H. The van der Waals surface area contributed by atoms with Gasteiger partial charge in [-0.05, 0) is 18.9 Å². The lowest BCUT2D eigenvalue weighted by Gasteiger charge is -2.22. The zero-order chi connectivity index (χ0) is 15.1. The molecule has 1 unspecified atom stereocenters. The lowest BCUT2D eigenvalue weighted by atomic mass is 10.1. The van der Waals surface area contributed by atoms with E-state index in [0.717, 1.165) is 17.3 Å². The molecule has 1 rings (SSSR count). The van der Waals surface area contributed by atoms with Crippen molar-refractivity contribution in [2.75, 3.05) is 26.0 Å². The molecule has 0 aliphatic carbocycles. The van der Waals surface area contributed by atoms with E-state index in [2.05, 4.69) is 47.4 Å². The molecule has 0 spiro atoms. The second kappa shape index (κ2) is 9.81. The first-order valence-electron chi connectivity index (χ1n) is 7.04. The Kier molecular flexibility index (Phi) is 9.32. The number of pyridine rings is 1. The van der Waals surface area contributed by atoms with E-state index in [1.165, 1.54) is 0 Å². The highest BCUT2D eigenvalue weighted by Crippen LogP contribution is 2.13. The van der Waals surface area contributed by atoms with Crippen molar-refractivity contribution >= 4 is 35.8 Å². The summed E-state index contributed by atoms with van der Waals surface area (Å²) in [6.45, 7) is 7.24. The molecule has 0 aromatic carbocycles. The Morgan fingerprint density at radius 1 is 1.33 bits per heavy atom. The van der Waals surface area contributed by atoms with Gasteiger partial charge in [-0.2, -0.15) is 0 Å². The fourth-order valence-electron chi connectivity index (χ4n) is 1.73. The van der Waals surface area contributed by atoms with E-state index in [1.807, 2.05) is 31.3 Å². The van der Waals surface area contributed by atoms with Crippen molar-refractivity contribution in [3.8, 4) is 0 Å². The maximum absolute atomic E-state index is 4.40. The van der Waals surface area contributed by atoms with Crippen LogP contribution < -0.4 is 15.5 Å². The van der Waals surface area contributed by atoms with Gasteiger partial charge >= 0.3 is 0 Å². The van der Waals surface area contributed by atoms with Crippen molar-refractivity contribution in [3.05, 3.63) is 23.9 Å². The van der Waals surface area contributed by atoms with Gasteiger partial charge in [0.05, 0.1) is 0 Å². The molecule has 0 fully saturated rings. The lowest BCUT2D eigenvalue weighted by Crippen LogP contribution is -2.44. The largest absolute Gasteiger partial charge is 0.362 e. The Balaban J connectivity index is 0.00000400. The Morgan fingerprint density at radius 2 is 2.00 bits per heavy atom. The monoisotopic (exact) mass is 405 g/mol. The molecule has 120 valence electrons. The normalized spacial score (nSPS) is 12.6. The Bertz CT molecular complexity index is 445. The minimum Gasteiger partial charge on any atom is -0.362 e. The molecule has 0 radical (unpaired) electrons. The van der Waals surface area contributed by atoms with Crippen molar-refractivity contribution in [1.29, 1.82) is 0 Å². The van der Waals surface area contributed by atoms with Crippen LogP contribution in [0, 0.1) is 5.92 Å². The number of guanidine groups is 1. The summed E-state index contributed by atoms with van der Waals surface area (Å²) >= 11 is 0. The summed E-state index contributed by atoms with van der Waals surface area (Å²) in [5, 5.41) is 6.73. The molecular weight excluding hydrogens is 377 g/mol. The van der Waals surface area contributed by atoms with Gasteiger partial charge in [-0.15, -0.1) is 24.0 Å². The van der Waals surface area contributed by atoms with Gasteiger partial charge in [0.15, 0.2) is 5.96 Å². The highest BCUT2D eigenvalue weighted by Gasteiger charge is 2.10. The average molecular weight is 405 g/mol. The molecule has 5 nitrogen and oxygen atoms in total. The van der Waals surface area contributed by atoms with Gasteiger partial charge < -0.3 is 15.5 Å². The highest BCUT2D eigenvalue weighted by molar-refractivity contribution is 14.0. The maximum atomic E-state index is 4.40. The van der Waals surface area contributed by atoms with Crippen molar-refractivity contribution in [3.63, 3.8) is 0 Å². The molecule has 1 atom stereocenters. The molecule has 0 aliphatic rings. The van der Waals surface area contributed by atoms with Crippen molar-refractivity contribution in [2.45, 2.75) is 33.4 Å². The molecule has 2 N–H and O–H groups in total. The minimum atomic E-state index is 0. The number of rotatable bonds is 5. The molecule has 0 aliphatic heterocycles. The van der Waals surface area contributed by atoms with E-state index in [-0.39, 0.29) is 24.0 Å². The van der Waals surface area contributed by atoms with Gasteiger partial charge in [0.25, 0.3) is 0 Å². The van der Waals surface area contributed by atoms with Crippen LogP contribution >= 0.6 is 24.0 Å². The van der Waals surface area contributed by atoms with E-state index in [1.54, 1.807) is 7.05 Å². The van der Waals surface area contributed by atoms with Crippen LogP contribution in [0.15, 0.2) is 23.3 Å². The number of anilines is 1. The zero-order valence-electron chi connectivity index (χ0n) is 13.8. The van der Waals surface area contributed by atoms with Crippen LogP contribution in [0.1, 0.15) is 26.3 Å². The molecule has 0 saturated heterocycles. The summed E-state index contributed by atoms with van der Waals surface area (Å²) in [7, 11) is 5.79. The smallest absolute Gasteiger partial charge is 0.191 e. The van der Waals surface area contributed by atoms with Crippen LogP contribution in [0.5, 0.6) is 0 Å². The molecule has 1 aromatic heterocycles. The number of aliphatic imine (C=N–C) groups is 1. The van der Waals surface area contributed by atoms with Gasteiger partial charge in [0.2, 0.25) is 0 Å². The lowest BCUT2D eigenvalue weighted by molar-refractivity contribution is 0.481. The summed E-state index contributed by atoms with van der Waals surface area (Å²) in [5.41, 5.74) is 1.15. The second-order valence-electron chi connectivity index (χ2n) is 5.48. The summed E-state index contributed by atoms with van der Waals surface area (Å²) in [5.74, 6) is 2.36. The maximum Gasteiger partial charge on any atom is 0.191 e. The van der Waals surface area contributed by atoms with Crippen LogP contribution in [0.25, 0.3) is 0 Å². The Labute approximate surface area is 145 Å². The zero-order valence-corrected chi connectivity index (χ0v) is 16.2. The van der Waals surface area contributed by atoms with Gasteiger partial charge in [-0.3, -0.25) is 4.99 Å². The first kappa shape index (κ1) is 19.9. The highest BCUT2D eigenvalue weighted by atomic mass is 127. The van der Waals surface area contributed by atoms with Crippen molar-refractivity contribution < 1.29 is 0 Å². The van der Waals surface area contributed by atoms with Gasteiger partial charge in [0.1, 0.15) is 5.82 Å². The summed E-state index contributed by atoms with van der Waals surface area (Å²) in [4.78, 5) is 10.7. The van der Waals surface area contributed by atoms with E-state index in [0.29, 0.717) is 18.5 Å². The fourth-order valence-corrected chi connectivity index (χ4v) is 1.73. The fraction of sp³-hybridized carbons (Fsp3) is 0.600. The third kappa shape index (κ3) is 6.50. The third-order valence-electron chi connectivity index (χ3n) is 3.33. The minimum absolute atomic E-state index is 0. The van der Waals surface area contributed by atoms with E-state index in [4.69, 9.17) is 0 Å². The molecule has 1 heterocycles. The van der Waals surface area contributed by atoms with Crippen molar-refractivity contribution in [1.82, 2.24) is 15.6 Å². The van der Waals surface area contributed by atoms with E-state index in [9.17, 15) is 0 Å². The Hall–Kier alpha value is -1.05. The van der Waals surface area contributed by atoms with Crippen LogP contribution in [-0.2, 0) is 6.54 Å². The van der Waals surface area contributed by atoms with Crippen LogP contribution in [0.2, 0.25) is 0 Å². The number of halogens is 1. The summed E-state index contributed by atoms with van der Waals surface area (Å²) < 4.78 is 0. The quantitative estimate of drug-likeness (QED) is 0.449. The number of nitrogens with one attached hydrogen (secondary N) is 2. The Morgan fingerprint density at radius 3 is 2.52 bits per heavy atom. The average Bonchev–Trinajstić information content (AvgIpc) is 2.43. The molecule has 1 aromatic rings. The summed E-state index contributed by atoms with van der Waals surface area (Å²) in [6.07, 6.45) is 1.81. The molecular formula is C15H28IN5. The van der Waals surface area contributed by atoms with Gasteiger partial charge in [0, 0.05) is 45.5 Å². The predicted molar refractivity (Wildman–Crippen MR) is 102 cm³/mol. The van der Waals surface area contributed by atoms with Crippen LogP contribution in [-0.4, -0.2) is 38.1 Å². The van der Waals surface area contributed by atoms with Gasteiger partial charge in [-0.1, -0.05) is 19.9 Å². The third-order valence-corrected chi connectivity index (χ3v) is 3.33. The molecule has 0 bridgehead atoms. The molecule has 0 saturated carbocycles. The first-order valence-corrected chi connectivity index (χ1v) is 7.04. The number of hydrogen-bond acceptors (Lipinski definition) is 3. The molecule has 21 heavy (non-hydrogen) atoms. The SMILES string of the molecule is CN=C(NCc1cccnc1N(C)C)NC(C)C(C)C.I. The van der Waals surface area contributed by atoms with Crippen molar-refractivity contribution in [2.24, 2.45) is 10.9 Å². The number of hydrogen-bond donors (Lipinski definition) is 2. The van der Waals surface area contributed by atoms with Crippen LogP contribution in [0.3, 0.4) is 0 Å². The van der Waals surface area contributed by atoms with Gasteiger partial charge in [-0.25, -0.2) is 4.98 Å². The predicted octanol–water partition coefficient (Wildman–Crippen LogP) is 2.48. The van der Waals surface area contributed by atoms with E-state index >= 15 is 0 Å².